The maximum atomic E-state index is 12.3. The van der Waals surface area contributed by atoms with E-state index in [0.29, 0.717) is 17.0 Å². The van der Waals surface area contributed by atoms with Crippen LogP contribution in [0, 0.1) is 6.92 Å². The Labute approximate surface area is 157 Å². The summed E-state index contributed by atoms with van der Waals surface area (Å²) < 4.78 is 5.18. The van der Waals surface area contributed by atoms with Crippen molar-refractivity contribution in [3.05, 3.63) is 65.9 Å². The van der Waals surface area contributed by atoms with Gasteiger partial charge in [-0.3, -0.25) is 14.6 Å². The molecule has 138 valence electrons. The van der Waals surface area contributed by atoms with Crippen molar-refractivity contribution in [1.82, 2.24) is 10.3 Å². The zero-order valence-corrected chi connectivity index (χ0v) is 15.3. The van der Waals surface area contributed by atoms with Crippen LogP contribution in [0.25, 0.3) is 10.9 Å². The number of hydrogen-bond acceptors (Lipinski definition) is 4. The van der Waals surface area contributed by atoms with E-state index < -0.39 is 0 Å². The van der Waals surface area contributed by atoms with Gasteiger partial charge in [0.1, 0.15) is 5.75 Å². The number of hydrogen-bond donors (Lipinski definition) is 2. The van der Waals surface area contributed by atoms with E-state index in [0.717, 1.165) is 16.5 Å². The molecule has 3 rings (SSSR count). The molecule has 2 aromatic carbocycles. The van der Waals surface area contributed by atoms with Crippen LogP contribution < -0.4 is 15.4 Å². The third-order valence-corrected chi connectivity index (χ3v) is 4.23. The second-order valence-corrected chi connectivity index (χ2v) is 6.08. The summed E-state index contributed by atoms with van der Waals surface area (Å²) in [6.07, 6.45) is 1.89. The van der Waals surface area contributed by atoms with Crippen LogP contribution in [-0.4, -0.2) is 30.5 Å². The average molecular weight is 363 g/mol. The highest BCUT2D eigenvalue weighted by Crippen LogP contribution is 2.24. The number of benzene rings is 2. The molecule has 0 atom stereocenters. The molecule has 0 aliphatic carbocycles. The smallest absolute Gasteiger partial charge is 0.255 e. The number of carbonyl (C=O) groups is 2. The van der Waals surface area contributed by atoms with Crippen molar-refractivity contribution in [1.29, 1.82) is 0 Å². The fourth-order valence-electron chi connectivity index (χ4n) is 2.85. The summed E-state index contributed by atoms with van der Waals surface area (Å²) in [6, 6.07) is 14.5. The molecule has 6 nitrogen and oxygen atoms in total. The summed E-state index contributed by atoms with van der Waals surface area (Å²) >= 11 is 0. The molecular weight excluding hydrogens is 342 g/mol. The van der Waals surface area contributed by atoms with Crippen molar-refractivity contribution in [2.45, 2.75) is 13.3 Å². The number of aryl methyl sites for hydroxylation is 1. The Morgan fingerprint density at radius 1 is 1.07 bits per heavy atom. The Hall–Kier alpha value is -3.41. The Morgan fingerprint density at radius 2 is 1.89 bits per heavy atom. The summed E-state index contributed by atoms with van der Waals surface area (Å²) in [6.45, 7) is 2.21. The van der Waals surface area contributed by atoms with Crippen molar-refractivity contribution in [3.63, 3.8) is 0 Å². The number of para-hydroxylation sites is 1. The number of methoxy groups -OCH3 is 1. The van der Waals surface area contributed by atoms with E-state index >= 15 is 0 Å². The average Bonchev–Trinajstić information content (AvgIpc) is 2.70. The molecular formula is C21H21N3O3. The molecule has 0 aliphatic rings. The second-order valence-electron chi connectivity index (χ2n) is 6.08. The molecule has 6 heteroatoms. The van der Waals surface area contributed by atoms with Gasteiger partial charge in [-0.05, 0) is 42.8 Å². The molecule has 3 aromatic rings. The number of fused-ring (bicyclic) bond motifs is 1. The SMILES string of the molecule is COc1ccccc1C(=O)NCCC(=O)Nc1ccc(C)c2ncccc12. The van der Waals surface area contributed by atoms with Gasteiger partial charge >= 0.3 is 0 Å². The fraction of sp³-hybridized carbons (Fsp3) is 0.190. The second kappa shape index (κ2) is 8.31. The van der Waals surface area contributed by atoms with Crippen LogP contribution in [0.4, 0.5) is 5.69 Å². The number of nitrogens with one attached hydrogen (secondary N) is 2. The number of carbonyl (C=O) groups excluding carboxylic acids is 2. The summed E-state index contributed by atoms with van der Waals surface area (Å²) in [5.74, 6) is 0.0487. The van der Waals surface area contributed by atoms with Gasteiger partial charge in [0.25, 0.3) is 5.91 Å². The van der Waals surface area contributed by atoms with Gasteiger partial charge in [-0.25, -0.2) is 0 Å². The highest BCUT2D eigenvalue weighted by atomic mass is 16.5. The summed E-state index contributed by atoms with van der Waals surface area (Å²) in [5.41, 5.74) is 3.06. The first-order valence-corrected chi connectivity index (χ1v) is 8.65. The number of ether oxygens (including phenoxy) is 1. The molecule has 0 aliphatic heterocycles. The quantitative estimate of drug-likeness (QED) is 0.704. The summed E-state index contributed by atoms with van der Waals surface area (Å²) in [7, 11) is 1.51. The van der Waals surface area contributed by atoms with Crippen LogP contribution in [0.5, 0.6) is 5.75 Å². The van der Waals surface area contributed by atoms with Crippen molar-refractivity contribution in [2.75, 3.05) is 19.0 Å². The lowest BCUT2D eigenvalue weighted by Gasteiger charge is -2.11. The third kappa shape index (κ3) is 4.23. The fourth-order valence-corrected chi connectivity index (χ4v) is 2.85. The molecule has 0 radical (unpaired) electrons. The maximum absolute atomic E-state index is 12.3. The Bertz CT molecular complexity index is 985. The van der Waals surface area contributed by atoms with Crippen LogP contribution >= 0.6 is 0 Å². The van der Waals surface area contributed by atoms with E-state index in [1.807, 2.05) is 31.2 Å². The van der Waals surface area contributed by atoms with E-state index in [9.17, 15) is 9.59 Å². The van der Waals surface area contributed by atoms with E-state index in [-0.39, 0.29) is 24.8 Å². The number of rotatable bonds is 6. The minimum Gasteiger partial charge on any atom is -0.496 e. The molecule has 1 aromatic heterocycles. The standard InChI is InChI=1S/C21H21N3O3/c1-14-9-10-17(15-7-5-12-22-20(14)15)24-19(25)11-13-23-21(26)16-6-3-4-8-18(16)27-2/h3-10,12H,11,13H2,1-2H3,(H,23,26)(H,24,25). The van der Waals surface area contributed by atoms with Crippen molar-refractivity contribution >= 4 is 28.4 Å². The number of nitrogens with zero attached hydrogens (tertiary/aromatic N) is 1. The van der Waals surface area contributed by atoms with E-state index in [1.165, 1.54) is 7.11 Å². The number of amides is 2. The van der Waals surface area contributed by atoms with Gasteiger partial charge < -0.3 is 15.4 Å². The van der Waals surface area contributed by atoms with Crippen LogP contribution in [0.1, 0.15) is 22.3 Å². The maximum Gasteiger partial charge on any atom is 0.255 e. The molecule has 0 fully saturated rings. The molecule has 0 saturated heterocycles. The normalized spacial score (nSPS) is 10.4. The Morgan fingerprint density at radius 3 is 2.70 bits per heavy atom. The molecule has 0 spiro atoms. The van der Waals surface area contributed by atoms with Gasteiger partial charge in [0.15, 0.2) is 0 Å². The Balaban J connectivity index is 1.59. The number of pyridine rings is 1. The molecule has 1 heterocycles. The van der Waals surface area contributed by atoms with Gasteiger partial charge in [-0.15, -0.1) is 0 Å². The first-order chi connectivity index (χ1) is 13.1. The predicted molar refractivity (Wildman–Crippen MR) is 105 cm³/mol. The largest absolute Gasteiger partial charge is 0.496 e. The lowest BCUT2D eigenvalue weighted by atomic mass is 10.1. The summed E-state index contributed by atoms with van der Waals surface area (Å²) in [4.78, 5) is 28.9. The van der Waals surface area contributed by atoms with Gasteiger partial charge in [0, 0.05) is 24.5 Å². The number of anilines is 1. The van der Waals surface area contributed by atoms with Gasteiger partial charge in [-0.2, -0.15) is 0 Å². The zero-order chi connectivity index (χ0) is 19.2. The van der Waals surface area contributed by atoms with Crippen LogP contribution in [0.2, 0.25) is 0 Å². The van der Waals surface area contributed by atoms with Gasteiger partial charge in [0.05, 0.1) is 23.9 Å². The highest BCUT2D eigenvalue weighted by molar-refractivity contribution is 6.02. The zero-order valence-electron chi connectivity index (χ0n) is 15.3. The first-order valence-electron chi connectivity index (χ1n) is 8.65. The van der Waals surface area contributed by atoms with Crippen LogP contribution in [0.15, 0.2) is 54.7 Å². The third-order valence-electron chi connectivity index (χ3n) is 4.23. The van der Waals surface area contributed by atoms with Crippen LogP contribution in [0.3, 0.4) is 0 Å². The highest BCUT2D eigenvalue weighted by Gasteiger charge is 2.12. The van der Waals surface area contributed by atoms with Crippen molar-refractivity contribution in [2.24, 2.45) is 0 Å². The lowest BCUT2D eigenvalue weighted by molar-refractivity contribution is -0.116. The minimum atomic E-state index is -0.273. The van der Waals surface area contributed by atoms with Crippen molar-refractivity contribution in [3.8, 4) is 5.75 Å². The molecule has 0 unspecified atom stereocenters. The van der Waals surface area contributed by atoms with Crippen molar-refractivity contribution < 1.29 is 14.3 Å². The monoisotopic (exact) mass is 363 g/mol. The molecule has 2 N–H and O–H groups in total. The topological polar surface area (TPSA) is 80.3 Å². The van der Waals surface area contributed by atoms with E-state index in [1.54, 1.807) is 30.5 Å². The number of aromatic nitrogens is 1. The molecule has 0 bridgehead atoms. The minimum absolute atomic E-state index is 0.163. The van der Waals surface area contributed by atoms with Crippen LogP contribution in [-0.2, 0) is 4.79 Å². The lowest BCUT2D eigenvalue weighted by Crippen LogP contribution is -2.28. The molecule has 2 amide bonds. The summed E-state index contributed by atoms with van der Waals surface area (Å²) in [5, 5.41) is 6.53. The van der Waals surface area contributed by atoms with E-state index in [2.05, 4.69) is 15.6 Å². The van der Waals surface area contributed by atoms with E-state index in [4.69, 9.17) is 4.74 Å². The molecule has 27 heavy (non-hydrogen) atoms. The van der Waals surface area contributed by atoms with Gasteiger partial charge in [0.2, 0.25) is 5.91 Å². The first kappa shape index (κ1) is 18.4. The van der Waals surface area contributed by atoms with Gasteiger partial charge in [-0.1, -0.05) is 18.2 Å². The predicted octanol–water partition coefficient (Wildman–Crippen LogP) is 3.31. The Kier molecular flexibility index (Phi) is 5.66. The molecule has 0 saturated carbocycles.